The predicted molar refractivity (Wildman–Crippen MR) is 127 cm³/mol. The molecule has 2 atom stereocenters. The summed E-state index contributed by atoms with van der Waals surface area (Å²) in [6.45, 7) is 1.76. The Morgan fingerprint density at radius 1 is 1.00 bits per heavy atom. The van der Waals surface area contributed by atoms with Crippen molar-refractivity contribution in [3.8, 4) is 11.5 Å². The fourth-order valence-corrected chi connectivity index (χ4v) is 4.88. The van der Waals surface area contributed by atoms with E-state index in [1.807, 2.05) is 18.2 Å². The number of nitrogens with zero attached hydrogens (tertiary/aromatic N) is 1. The van der Waals surface area contributed by atoms with Crippen LogP contribution in [-0.2, 0) is 14.3 Å². The Balaban J connectivity index is 1.77. The average Bonchev–Trinajstić information content (AvgIpc) is 2.86. The number of esters is 1. The summed E-state index contributed by atoms with van der Waals surface area (Å²) in [5.74, 6) is -0.247. The van der Waals surface area contributed by atoms with E-state index in [1.165, 1.54) is 19.2 Å². The fourth-order valence-electron chi connectivity index (χ4n) is 4.88. The second-order valence-corrected chi connectivity index (χ2v) is 8.47. The molecule has 0 saturated carbocycles. The Hall–Kier alpha value is -4.14. The number of ether oxygens (including phenoxy) is 3. The van der Waals surface area contributed by atoms with E-state index in [9.17, 15) is 19.7 Å². The molecule has 0 amide bonds. The molecule has 1 heterocycles. The lowest BCUT2D eigenvalue weighted by Gasteiger charge is -2.36. The van der Waals surface area contributed by atoms with Crippen molar-refractivity contribution in [3.05, 3.63) is 86.2 Å². The van der Waals surface area contributed by atoms with Crippen LogP contribution < -0.4 is 14.8 Å². The summed E-state index contributed by atoms with van der Waals surface area (Å²) in [7, 11) is 4.42. The molecule has 0 bridgehead atoms. The van der Waals surface area contributed by atoms with Crippen molar-refractivity contribution in [2.75, 3.05) is 21.3 Å². The van der Waals surface area contributed by atoms with E-state index in [1.54, 1.807) is 33.3 Å². The van der Waals surface area contributed by atoms with Crippen LogP contribution in [0.1, 0.15) is 42.7 Å². The summed E-state index contributed by atoms with van der Waals surface area (Å²) in [6, 6.07) is 11.5. The van der Waals surface area contributed by atoms with Gasteiger partial charge in [-0.15, -0.1) is 0 Å². The number of Topliss-reactive ketones (excluding diaryl/α,β-unsaturated/α-hetero) is 1. The lowest BCUT2D eigenvalue weighted by Crippen LogP contribution is -2.36. The van der Waals surface area contributed by atoms with Gasteiger partial charge in [-0.1, -0.05) is 18.2 Å². The van der Waals surface area contributed by atoms with Crippen molar-refractivity contribution in [1.29, 1.82) is 0 Å². The van der Waals surface area contributed by atoms with Crippen LogP contribution in [-0.4, -0.2) is 38.0 Å². The van der Waals surface area contributed by atoms with Crippen LogP contribution in [0.2, 0.25) is 0 Å². The first kappa shape index (κ1) is 24.0. The van der Waals surface area contributed by atoms with Crippen molar-refractivity contribution >= 4 is 17.4 Å². The molecule has 2 aromatic carbocycles. The number of hydrogen-bond acceptors (Lipinski definition) is 8. The zero-order valence-electron chi connectivity index (χ0n) is 19.9. The van der Waals surface area contributed by atoms with Crippen LogP contribution in [0.5, 0.6) is 11.5 Å². The lowest BCUT2D eigenvalue weighted by atomic mass is 9.71. The van der Waals surface area contributed by atoms with Crippen molar-refractivity contribution < 1.29 is 28.7 Å². The minimum absolute atomic E-state index is 0.0688. The van der Waals surface area contributed by atoms with E-state index >= 15 is 0 Å². The largest absolute Gasteiger partial charge is 0.493 e. The van der Waals surface area contributed by atoms with Crippen molar-refractivity contribution in [2.24, 2.45) is 0 Å². The molecule has 2 aromatic rings. The third-order valence-corrected chi connectivity index (χ3v) is 6.55. The Labute approximate surface area is 202 Å². The van der Waals surface area contributed by atoms with Crippen LogP contribution in [0.4, 0.5) is 5.69 Å². The number of methoxy groups -OCH3 is 3. The highest BCUT2D eigenvalue weighted by Gasteiger charge is 2.41. The minimum atomic E-state index is -0.682. The van der Waals surface area contributed by atoms with E-state index in [2.05, 4.69) is 5.32 Å². The predicted octanol–water partition coefficient (Wildman–Crippen LogP) is 4.15. The van der Waals surface area contributed by atoms with Gasteiger partial charge < -0.3 is 19.5 Å². The zero-order valence-corrected chi connectivity index (χ0v) is 19.9. The van der Waals surface area contributed by atoms with E-state index < -0.39 is 16.8 Å². The SMILES string of the molecule is COC(=O)C1=C(C)NC2=C(C(=O)C[C@@H](c3ccc(OC)c(OC)c3)C2)[C@H]1c1ccc([N+](=O)[O-])cc1. The van der Waals surface area contributed by atoms with Crippen LogP contribution in [0.3, 0.4) is 0 Å². The van der Waals surface area contributed by atoms with Gasteiger partial charge in [-0.3, -0.25) is 14.9 Å². The Morgan fingerprint density at radius 2 is 1.66 bits per heavy atom. The average molecular weight is 479 g/mol. The molecule has 0 spiro atoms. The molecule has 1 aliphatic carbocycles. The normalized spacial score (nSPS) is 19.6. The number of benzene rings is 2. The molecule has 9 heteroatoms. The van der Waals surface area contributed by atoms with Gasteiger partial charge >= 0.3 is 5.97 Å². The van der Waals surface area contributed by atoms with Gasteiger partial charge in [-0.05, 0) is 42.5 Å². The first-order valence-corrected chi connectivity index (χ1v) is 11.1. The quantitative estimate of drug-likeness (QED) is 0.374. The van der Waals surface area contributed by atoms with Gasteiger partial charge in [0.1, 0.15) is 0 Å². The molecular formula is C26H26N2O7. The molecule has 0 fully saturated rings. The Kier molecular flexibility index (Phi) is 6.59. The summed E-state index contributed by atoms with van der Waals surface area (Å²) >= 11 is 0. The maximum atomic E-state index is 13.6. The number of dihydropyridines is 1. The van der Waals surface area contributed by atoms with Gasteiger partial charge in [0.2, 0.25) is 0 Å². The second-order valence-electron chi connectivity index (χ2n) is 8.47. The maximum absolute atomic E-state index is 13.6. The number of allylic oxidation sites excluding steroid dienone is 3. The smallest absolute Gasteiger partial charge is 0.336 e. The van der Waals surface area contributed by atoms with Gasteiger partial charge in [0.15, 0.2) is 17.3 Å². The molecule has 0 radical (unpaired) electrons. The highest BCUT2D eigenvalue weighted by molar-refractivity contribution is 6.04. The van der Waals surface area contributed by atoms with Crippen LogP contribution in [0.25, 0.3) is 0 Å². The third kappa shape index (κ3) is 4.37. The van der Waals surface area contributed by atoms with Crippen LogP contribution in [0.15, 0.2) is 65.0 Å². The Morgan fingerprint density at radius 3 is 2.26 bits per heavy atom. The fraction of sp³-hybridized carbons (Fsp3) is 0.308. The number of carbonyl (C=O) groups is 2. The monoisotopic (exact) mass is 478 g/mol. The molecule has 1 aliphatic heterocycles. The molecule has 0 aromatic heterocycles. The number of ketones is 1. The van der Waals surface area contributed by atoms with Gasteiger partial charge in [-0.25, -0.2) is 4.79 Å². The molecule has 1 N–H and O–H groups in total. The topological polar surface area (TPSA) is 117 Å². The van der Waals surface area contributed by atoms with Crippen molar-refractivity contribution in [2.45, 2.75) is 31.6 Å². The standard InChI is InChI=1S/C26H26N2O7/c1-14-23(26(30)35-4)24(15-5-8-18(9-6-15)28(31)32)25-19(27-14)11-17(12-20(25)29)16-7-10-21(33-2)22(13-16)34-3/h5-10,13,17,24,27H,11-12H2,1-4H3/t17-,24-/m0/s1. The number of nitro groups is 1. The van der Waals surface area contributed by atoms with Gasteiger partial charge in [0, 0.05) is 41.4 Å². The molecule has 35 heavy (non-hydrogen) atoms. The highest BCUT2D eigenvalue weighted by atomic mass is 16.6. The first-order chi connectivity index (χ1) is 16.8. The number of nitrogens with one attached hydrogen (secondary N) is 1. The number of nitro benzene ring substituents is 1. The van der Waals surface area contributed by atoms with Crippen molar-refractivity contribution in [1.82, 2.24) is 5.32 Å². The summed E-state index contributed by atoms with van der Waals surface area (Å²) < 4.78 is 15.8. The van der Waals surface area contributed by atoms with Crippen LogP contribution in [0, 0.1) is 10.1 Å². The lowest BCUT2D eigenvalue weighted by molar-refractivity contribution is -0.384. The zero-order chi connectivity index (χ0) is 25.3. The third-order valence-electron chi connectivity index (χ3n) is 6.55. The summed E-state index contributed by atoms with van der Waals surface area (Å²) in [4.78, 5) is 37.0. The Bertz CT molecular complexity index is 1260. The van der Waals surface area contributed by atoms with Gasteiger partial charge in [-0.2, -0.15) is 0 Å². The molecule has 9 nitrogen and oxygen atoms in total. The highest BCUT2D eigenvalue weighted by Crippen LogP contribution is 2.46. The van der Waals surface area contributed by atoms with Gasteiger partial charge in [0.05, 0.1) is 31.8 Å². The maximum Gasteiger partial charge on any atom is 0.336 e. The molecule has 2 aliphatic rings. The first-order valence-electron chi connectivity index (χ1n) is 11.1. The molecule has 182 valence electrons. The number of carbonyl (C=O) groups excluding carboxylic acids is 2. The second kappa shape index (κ2) is 9.61. The minimum Gasteiger partial charge on any atom is -0.493 e. The molecular weight excluding hydrogens is 452 g/mol. The number of non-ortho nitro benzene ring substituents is 1. The summed E-state index contributed by atoms with van der Waals surface area (Å²) in [5.41, 5.74) is 3.61. The molecule has 0 unspecified atom stereocenters. The number of rotatable bonds is 6. The molecule has 4 rings (SSSR count). The van der Waals surface area contributed by atoms with Gasteiger partial charge in [0.25, 0.3) is 5.69 Å². The van der Waals surface area contributed by atoms with E-state index in [0.29, 0.717) is 40.3 Å². The summed E-state index contributed by atoms with van der Waals surface area (Å²) in [5, 5.41) is 14.4. The van der Waals surface area contributed by atoms with E-state index in [0.717, 1.165) is 11.3 Å². The van der Waals surface area contributed by atoms with E-state index in [4.69, 9.17) is 14.2 Å². The molecule has 0 saturated heterocycles. The van der Waals surface area contributed by atoms with Crippen LogP contribution >= 0.6 is 0 Å². The van der Waals surface area contributed by atoms with Crippen molar-refractivity contribution in [3.63, 3.8) is 0 Å². The van der Waals surface area contributed by atoms with E-state index in [-0.39, 0.29) is 23.8 Å². The summed E-state index contributed by atoms with van der Waals surface area (Å²) in [6.07, 6.45) is 0.790. The number of hydrogen-bond donors (Lipinski definition) is 1.